The van der Waals surface area contributed by atoms with Crippen LogP contribution in [0.25, 0.3) is 11.1 Å². The molecular weight excluding hydrogens is 368 g/mol. The van der Waals surface area contributed by atoms with Crippen molar-refractivity contribution in [2.45, 2.75) is 6.54 Å². The molecule has 3 rings (SSSR count). The van der Waals surface area contributed by atoms with Crippen LogP contribution in [-0.4, -0.2) is 17.6 Å². The van der Waals surface area contributed by atoms with Crippen molar-refractivity contribution in [2.75, 3.05) is 12.8 Å². The first kappa shape index (κ1) is 16.3. The zero-order valence-electron chi connectivity index (χ0n) is 13.2. The van der Waals surface area contributed by atoms with Gasteiger partial charge in [-0.1, -0.05) is 46.3 Å². The van der Waals surface area contributed by atoms with Crippen molar-refractivity contribution in [3.8, 4) is 11.1 Å². The van der Waals surface area contributed by atoms with Crippen molar-refractivity contribution in [3.05, 3.63) is 76.5 Å². The minimum absolute atomic E-state index is 0.370. The minimum Gasteiger partial charge on any atom is -0.464 e. The Morgan fingerprint density at radius 2 is 1.88 bits per heavy atom. The first-order chi connectivity index (χ1) is 11.6. The van der Waals surface area contributed by atoms with E-state index < -0.39 is 0 Å². The molecule has 0 aliphatic heterocycles. The van der Waals surface area contributed by atoms with Gasteiger partial charge in [-0.3, -0.25) is 0 Å². The predicted molar refractivity (Wildman–Crippen MR) is 98.9 cm³/mol. The lowest BCUT2D eigenvalue weighted by molar-refractivity contribution is 0.0589. The van der Waals surface area contributed by atoms with Gasteiger partial charge in [0.2, 0.25) is 0 Å². The summed E-state index contributed by atoms with van der Waals surface area (Å²) in [6.45, 7) is 0.489. The van der Waals surface area contributed by atoms with E-state index >= 15 is 0 Å². The second kappa shape index (κ2) is 6.93. The van der Waals surface area contributed by atoms with Crippen molar-refractivity contribution in [3.63, 3.8) is 0 Å². The third-order valence-corrected chi connectivity index (χ3v) is 4.34. The van der Waals surface area contributed by atoms with Gasteiger partial charge in [0.15, 0.2) is 0 Å². The molecule has 0 spiro atoms. The number of rotatable bonds is 4. The number of hydrogen-bond acceptors (Lipinski definition) is 3. The van der Waals surface area contributed by atoms with E-state index in [4.69, 9.17) is 10.5 Å². The molecule has 0 atom stereocenters. The Labute approximate surface area is 149 Å². The Hall–Kier alpha value is -2.53. The molecule has 3 aromatic rings. The summed E-state index contributed by atoms with van der Waals surface area (Å²) in [5.74, 6) is -0.370. The monoisotopic (exact) mass is 384 g/mol. The smallest absolute Gasteiger partial charge is 0.354 e. The molecule has 5 heteroatoms. The Balaban J connectivity index is 2.04. The lowest BCUT2D eigenvalue weighted by atomic mass is 10.1. The van der Waals surface area contributed by atoms with E-state index in [0.29, 0.717) is 17.9 Å². The summed E-state index contributed by atoms with van der Waals surface area (Å²) in [6, 6.07) is 17.5. The van der Waals surface area contributed by atoms with Gasteiger partial charge in [0.1, 0.15) is 5.69 Å². The largest absolute Gasteiger partial charge is 0.464 e. The highest BCUT2D eigenvalue weighted by molar-refractivity contribution is 9.10. The van der Waals surface area contributed by atoms with E-state index in [2.05, 4.69) is 15.9 Å². The third kappa shape index (κ3) is 3.36. The van der Waals surface area contributed by atoms with Crippen molar-refractivity contribution >= 4 is 27.6 Å². The van der Waals surface area contributed by atoms with Crippen LogP contribution in [0.15, 0.2) is 65.3 Å². The van der Waals surface area contributed by atoms with Gasteiger partial charge in [-0.05, 0) is 35.4 Å². The normalized spacial score (nSPS) is 10.6. The maximum absolute atomic E-state index is 12.1. The highest BCUT2D eigenvalue weighted by Gasteiger charge is 2.16. The topological polar surface area (TPSA) is 57.2 Å². The van der Waals surface area contributed by atoms with Crippen LogP contribution >= 0.6 is 15.9 Å². The first-order valence-electron chi connectivity index (χ1n) is 7.46. The van der Waals surface area contributed by atoms with Gasteiger partial charge >= 0.3 is 5.97 Å². The summed E-state index contributed by atoms with van der Waals surface area (Å²) in [6.07, 6.45) is 1.95. The number of anilines is 1. The fourth-order valence-electron chi connectivity index (χ4n) is 2.60. The maximum Gasteiger partial charge on any atom is 0.354 e. The molecule has 0 aliphatic carbocycles. The number of carbonyl (C=O) groups excluding carboxylic acids is 1. The molecule has 0 saturated heterocycles. The Morgan fingerprint density at radius 1 is 1.12 bits per heavy atom. The van der Waals surface area contributed by atoms with E-state index in [0.717, 1.165) is 21.2 Å². The molecule has 0 aliphatic rings. The van der Waals surface area contributed by atoms with E-state index in [1.165, 1.54) is 7.11 Å². The third-order valence-electron chi connectivity index (χ3n) is 3.84. The molecule has 4 nitrogen and oxygen atoms in total. The van der Waals surface area contributed by atoms with Crippen LogP contribution in [-0.2, 0) is 11.3 Å². The summed E-state index contributed by atoms with van der Waals surface area (Å²) < 4.78 is 7.73. The fraction of sp³-hybridized carbons (Fsp3) is 0.105. The number of nitrogens with zero attached hydrogens (tertiary/aromatic N) is 1. The van der Waals surface area contributed by atoms with Crippen LogP contribution in [0, 0.1) is 0 Å². The van der Waals surface area contributed by atoms with Gasteiger partial charge in [0.05, 0.1) is 7.11 Å². The van der Waals surface area contributed by atoms with Crippen molar-refractivity contribution in [1.29, 1.82) is 0 Å². The Kier molecular flexibility index (Phi) is 4.71. The standard InChI is InChI=1S/C19H17BrN2O2/c1-24-19(23)18-10-14(13-5-3-2-4-6-13)11-22(18)12-15-9-16(20)7-8-17(15)21/h2-11H,12,21H2,1H3. The van der Waals surface area contributed by atoms with Crippen molar-refractivity contribution in [2.24, 2.45) is 0 Å². The number of methoxy groups -OCH3 is 1. The number of esters is 1. The summed E-state index contributed by atoms with van der Waals surface area (Å²) >= 11 is 3.46. The minimum atomic E-state index is -0.370. The second-order valence-corrected chi connectivity index (χ2v) is 6.36. The van der Waals surface area contributed by atoms with Crippen molar-refractivity contribution < 1.29 is 9.53 Å². The highest BCUT2D eigenvalue weighted by Crippen LogP contribution is 2.25. The van der Waals surface area contributed by atoms with Crippen LogP contribution in [0.1, 0.15) is 16.1 Å². The van der Waals surface area contributed by atoms with Crippen LogP contribution < -0.4 is 5.73 Å². The van der Waals surface area contributed by atoms with Crippen LogP contribution in [0.2, 0.25) is 0 Å². The summed E-state index contributed by atoms with van der Waals surface area (Å²) in [7, 11) is 1.38. The molecular formula is C19H17BrN2O2. The van der Waals surface area contributed by atoms with Gasteiger partial charge in [-0.2, -0.15) is 0 Å². The molecule has 1 aromatic heterocycles. The lowest BCUT2D eigenvalue weighted by Gasteiger charge is -2.10. The Morgan fingerprint density at radius 3 is 2.58 bits per heavy atom. The zero-order valence-corrected chi connectivity index (χ0v) is 14.8. The number of hydrogen-bond donors (Lipinski definition) is 1. The van der Waals surface area contributed by atoms with Crippen molar-refractivity contribution in [1.82, 2.24) is 4.57 Å². The first-order valence-corrected chi connectivity index (χ1v) is 8.25. The molecule has 0 fully saturated rings. The quantitative estimate of drug-likeness (QED) is 0.537. The molecule has 0 bridgehead atoms. The van der Waals surface area contributed by atoms with Gasteiger partial charge in [-0.15, -0.1) is 0 Å². The average Bonchev–Trinajstić information content (AvgIpc) is 3.02. The SMILES string of the molecule is COC(=O)c1cc(-c2ccccc2)cn1Cc1cc(Br)ccc1N. The predicted octanol–water partition coefficient (Wildman–Crippen LogP) is 4.33. The van der Waals surface area contributed by atoms with Crippen LogP contribution in [0.3, 0.4) is 0 Å². The number of ether oxygens (including phenoxy) is 1. The molecule has 2 N–H and O–H groups in total. The summed E-state index contributed by atoms with van der Waals surface area (Å²) in [4.78, 5) is 12.1. The fourth-order valence-corrected chi connectivity index (χ4v) is 3.01. The molecule has 0 amide bonds. The average molecular weight is 385 g/mol. The molecule has 24 heavy (non-hydrogen) atoms. The zero-order chi connectivity index (χ0) is 17.1. The van der Waals surface area contributed by atoms with E-state index in [1.54, 1.807) is 0 Å². The molecule has 122 valence electrons. The van der Waals surface area contributed by atoms with E-state index in [9.17, 15) is 4.79 Å². The molecule has 0 unspecified atom stereocenters. The molecule has 1 heterocycles. The number of benzene rings is 2. The van der Waals surface area contributed by atoms with E-state index in [-0.39, 0.29) is 5.97 Å². The molecule has 0 radical (unpaired) electrons. The van der Waals surface area contributed by atoms with Gasteiger partial charge in [0, 0.05) is 28.5 Å². The number of halogens is 1. The number of carbonyl (C=O) groups is 1. The van der Waals surface area contributed by atoms with Crippen LogP contribution in [0.5, 0.6) is 0 Å². The summed E-state index contributed by atoms with van der Waals surface area (Å²) in [5, 5.41) is 0. The second-order valence-electron chi connectivity index (χ2n) is 5.44. The highest BCUT2D eigenvalue weighted by atomic mass is 79.9. The van der Waals surface area contributed by atoms with E-state index in [1.807, 2.05) is 65.4 Å². The molecule has 0 saturated carbocycles. The maximum atomic E-state index is 12.1. The number of nitrogen functional groups attached to an aromatic ring is 1. The van der Waals surface area contributed by atoms with Gasteiger partial charge in [-0.25, -0.2) is 4.79 Å². The Bertz CT molecular complexity index is 872. The van der Waals surface area contributed by atoms with Crippen LogP contribution in [0.4, 0.5) is 5.69 Å². The van der Waals surface area contributed by atoms with Gasteiger partial charge in [0.25, 0.3) is 0 Å². The van der Waals surface area contributed by atoms with Gasteiger partial charge < -0.3 is 15.0 Å². The number of nitrogens with two attached hydrogens (primary N) is 1. The molecule has 2 aromatic carbocycles. The summed E-state index contributed by atoms with van der Waals surface area (Å²) in [5.41, 5.74) is 10.2. The number of aromatic nitrogens is 1. The lowest BCUT2D eigenvalue weighted by Crippen LogP contribution is -2.11.